The van der Waals surface area contributed by atoms with E-state index in [1.807, 2.05) is 48.1 Å². The zero-order valence-corrected chi connectivity index (χ0v) is 16.3. The van der Waals surface area contributed by atoms with Gasteiger partial charge < -0.3 is 19.8 Å². The standard InChI is InChI=1S/C20H26N6O2/c1-16-22-9-10-26(16)19-7-6-17(13-24-19)14-25-20(21-2)23-8-4-11-27-15-18-5-3-12-28-18/h3,5-7,9-10,12-13H,4,8,11,14-15H2,1-2H3,(H2,21,23,25). The summed E-state index contributed by atoms with van der Waals surface area (Å²) in [5.74, 6) is 3.36. The summed E-state index contributed by atoms with van der Waals surface area (Å²) in [6, 6.07) is 7.79. The van der Waals surface area contributed by atoms with Crippen molar-refractivity contribution in [2.45, 2.75) is 26.5 Å². The first-order chi connectivity index (χ1) is 13.8. The number of guanidine groups is 1. The number of imidazole rings is 1. The number of ether oxygens (including phenoxy) is 1. The van der Waals surface area contributed by atoms with Gasteiger partial charge in [-0.25, -0.2) is 9.97 Å². The van der Waals surface area contributed by atoms with Crippen molar-refractivity contribution in [2.24, 2.45) is 4.99 Å². The Morgan fingerprint density at radius 2 is 2.18 bits per heavy atom. The molecule has 8 heteroatoms. The predicted molar refractivity (Wildman–Crippen MR) is 107 cm³/mol. The van der Waals surface area contributed by atoms with Gasteiger partial charge in [-0.2, -0.15) is 0 Å². The van der Waals surface area contributed by atoms with Gasteiger partial charge in [-0.3, -0.25) is 9.56 Å². The number of aliphatic imine (C=N–C) groups is 1. The van der Waals surface area contributed by atoms with Gasteiger partial charge in [-0.05, 0) is 37.1 Å². The monoisotopic (exact) mass is 382 g/mol. The van der Waals surface area contributed by atoms with Crippen molar-refractivity contribution in [2.75, 3.05) is 20.2 Å². The van der Waals surface area contributed by atoms with Crippen molar-refractivity contribution < 1.29 is 9.15 Å². The number of aryl methyl sites for hydroxylation is 1. The Bertz CT molecular complexity index is 855. The Labute approximate surface area is 164 Å². The largest absolute Gasteiger partial charge is 0.467 e. The number of hydrogen-bond donors (Lipinski definition) is 2. The van der Waals surface area contributed by atoms with E-state index >= 15 is 0 Å². The highest BCUT2D eigenvalue weighted by atomic mass is 16.5. The maximum Gasteiger partial charge on any atom is 0.191 e. The van der Waals surface area contributed by atoms with E-state index in [1.165, 1.54) is 0 Å². The van der Waals surface area contributed by atoms with Crippen molar-refractivity contribution in [3.8, 4) is 5.82 Å². The molecule has 3 rings (SSSR count). The molecule has 0 bridgehead atoms. The van der Waals surface area contributed by atoms with Crippen LogP contribution in [-0.2, 0) is 17.9 Å². The van der Waals surface area contributed by atoms with Crippen LogP contribution in [0.3, 0.4) is 0 Å². The molecule has 0 aliphatic rings. The van der Waals surface area contributed by atoms with Gasteiger partial charge in [-0.15, -0.1) is 0 Å². The molecule has 0 aromatic carbocycles. The molecule has 0 radical (unpaired) electrons. The summed E-state index contributed by atoms with van der Waals surface area (Å²) in [5, 5.41) is 6.57. The molecule has 28 heavy (non-hydrogen) atoms. The number of furan rings is 1. The van der Waals surface area contributed by atoms with Gasteiger partial charge in [0, 0.05) is 45.3 Å². The average Bonchev–Trinajstić information content (AvgIpc) is 3.39. The van der Waals surface area contributed by atoms with Crippen LogP contribution in [0.4, 0.5) is 0 Å². The molecule has 0 saturated heterocycles. The third-order valence-corrected chi connectivity index (χ3v) is 4.15. The van der Waals surface area contributed by atoms with Crippen molar-refractivity contribution in [3.05, 3.63) is 66.3 Å². The van der Waals surface area contributed by atoms with Crippen LogP contribution in [0.5, 0.6) is 0 Å². The normalized spacial score (nSPS) is 11.6. The third kappa shape index (κ3) is 5.68. The fraction of sp³-hybridized carbons (Fsp3) is 0.350. The highest BCUT2D eigenvalue weighted by Gasteiger charge is 2.03. The zero-order chi connectivity index (χ0) is 19.6. The van der Waals surface area contributed by atoms with E-state index in [-0.39, 0.29) is 0 Å². The molecule has 0 unspecified atom stereocenters. The smallest absolute Gasteiger partial charge is 0.191 e. The molecule has 0 spiro atoms. The summed E-state index contributed by atoms with van der Waals surface area (Å²) in [6.45, 7) is 4.53. The van der Waals surface area contributed by atoms with Gasteiger partial charge in [0.2, 0.25) is 0 Å². The quantitative estimate of drug-likeness (QED) is 0.336. The van der Waals surface area contributed by atoms with E-state index in [9.17, 15) is 0 Å². The van der Waals surface area contributed by atoms with Gasteiger partial charge in [-0.1, -0.05) is 6.07 Å². The van der Waals surface area contributed by atoms with Crippen molar-refractivity contribution >= 4 is 5.96 Å². The fourth-order valence-electron chi connectivity index (χ4n) is 2.64. The molecule has 3 aromatic rings. The molecule has 0 fully saturated rings. The highest BCUT2D eigenvalue weighted by Crippen LogP contribution is 2.08. The Balaban J connectivity index is 1.35. The van der Waals surface area contributed by atoms with Crippen molar-refractivity contribution in [3.63, 3.8) is 0 Å². The second-order valence-corrected chi connectivity index (χ2v) is 6.21. The second-order valence-electron chi connectivity index (χ2n) is 6.21. The van der Waals surface area contributed by atoms with Crippen LogP contribution in [0, 0.1) is 6.92 Å². The maximum atomic E-state index is 5.56. The number of aromatic nitrogens is 3. The van der Waals surface area contributed by atoms with Gasteiger partial charge in [0.25, 0.3) is 0 Å². The number of nitrogens with one attached hydrogen (secondary N) is 2. The number of nitrogens with zero attached hydrogens (tertiary/aromatic N) is 4. The van der Waals surface area contributed by atoms with E-state index in [0.29, 0.717) is 19.8 Å². The topological polar surface area (TPSA) is 89.5 Å². The van der Waals surface area contributed by atoms with Gasteiger partial charge in [0.1, 0.15) is 24.0 Å². The third-order valence-electron chi connectivity index (χ3n) is 4.15. The Morgan fingerprint density at radius 3 is 2.86 bits per heavy atom. The Hall–Kier alpha value is -3.13. The van der Waals surface area contributed by atoms with Crippen LogP contribution in [0.1, 0.15) is 23.6 Å². The van der Waals surface area contributed by atoms with E-state index < -0.39 is 0 Å². The molecule has 8 nitrogen and oxygen atoms in total. The maximum absolute atomic E-state index is 5.56. The fourth-order valence-corrected chi connectivity index (χ4v) is 2.64. The van der Waals surface area contributed by atoms with Crippen LogP contribution in [0.15, 0.2) is 58.5 Å². The van der Waals surface area contributed by atoms with E-state index in [0.717, 1.165) is 41.9 Å². The van der Waals surface area contributed by atoms with Gasteiger partial charge in [0.15, 0.2) is 5.96 Å². The molecule has 0 amide bonds. The lowest BCUT2D eigenvalue weighted by atomic mass is 10.3. The van der Waals surface area contributed by atoms with Crippen LogP contribution in [-0.4, -0.2) is 40.7 Å². The SMILES string of the molecule is CN=C(NCCCOCc1ccco1)NCc1ccc(-n2ccnc2C)nc1. The summed E-state index contributed by atoms with van der Waals surface area (Å²) in [7, 11) is 1.76. The minimum absolute atomic E-state index is 0.502. The van der Waals surface area contributed by atoms with Crippen LogP contribution in [0.2, 0.25) is 0 Å². The molecule has 3 aromatic heterocycles. The number of rotatable bonds is 9. The van der Waals surface area contributed by atoms with E-state index in [4.69, 9.17) is 9.15 Å². The van der Waals surface area contributed by atoms with Crippen LogP contribution < -0.4 is 10.6 Å². The summed E-state index contributed by atoms with van der Waals surface area (Å²) in [5.41, 5.74) is 1.08. The molecule has 3 heterocycles. The van der Waals surface area contributed by atoms with Crippen molar-refractivity contribution in [1.29, 1.82) is 0 Å². The molecule has 148 valence electrons. The summed E-state index contributed by atoms with van der Waals surface area (Å²) < 4.78 is 12.7. The molecule has 2 N–H and O–H groups in total. The molecular weight excluding hydrogens is 356 g/mol. The molecule has 0 saturated carbocycles. The lowest BCUT2D eigenvalue weighted by molar-refractivity contribution is 0.105. The molecule has 0 aliphatic heterocycles. The van der Waals surface area contributed by atoms with Crippen molar-refractivity contribution in [1.82, 2.24) is 25.2 Å². The Kier molecular flexibility index (Phi) is 7.20. The summed E-state index contributed by atoms with van der Waals surface area (Å²) >= 11 is 0. The molecular formula is C20H26N6O2. The number of pyridine rings is 1. The molecule has 0 atom stereocenters. The average molecular weight is 382 g/mol. The first kappa shape index (κ1) is 19.6. The zero-order valence-electron chi connectivity index (χ0n) is 16.3. The second kappa shape index (κ2) is 10.3. The summed E-state index contributed by atoms with van der Waals surface area (Å²) in [6.07, 6.45) is 8.06. The molecule has 0 aliphatic carbocycles. The highest BCUT2D eigenvalue weighted by molar-refractivity contribution is 5.79. The minimum atomic E-state index is 0.502. The lowest BCUT2D eigenvalue weighted by Crippen LogP contribution is -2.37. The van der Waals surface area contributed by atoms with Crippen LogP contribution in [0.25, 0.3) is 5.82 Å². The predicted octanol–water partition coefficient (Wildman–Crippen LogP) is 2.44. The van der Waals surface area contributed by atoms with Gasteiger partial charge >= 0.3 is 0 Å². The van der Waals surface area contributed by atoms with Gasteiger partial charge in [0.05, 0.1) is 6.26 Å². The summed E-state index contributed by atoms with van der Waals surface area (Å²) in [4.78, 5) is 13.0. The lowest BCUT2D eigenvalue weighted by Gasteiger charge is -2.12. The van der Waals surface area contributed by atoms with Crippen LogP contribution >= 0.6 is 0 Å². The Morgan fingerprint density at radius 1 is 1.25 bits per heavy atom. The first-order valence-electron chi connectivity index (χ1n) is 9.26. The number of hydrogen-bond acceptors (Lipinski definition) is 5. The van der Waals surface area contributed by atoms with E-state index in [1.54, 1.807) is 19.5 Å². The minimum Gasteiger partial charge on any atom is -0.467 e. The van der Waals surface area contributed by atoms with E-state index in [2.05, 4.69) is 25.6 Å². The first-order valence-corrected chi connectivity index (χ1v) is 9.26.